The summed E-state index contributed by atoms with van der Waals surface area (Å²) in [6.07, 6.45) is -29.8. The van der Waals surface area contributed by atoms with E-state index >= 15 is 0 Å². The molecule has 5 amide bonds. The van der Waals surface area contributed by atoms with Crippen LogP contribution in [0.1, 0.15) is 150 Å². The fourth-order valence-electron chi connectivity index (χ4n) is 15.7. The van der Waals surface area contributed by atoms with Crippen LogP contribution in [0.15, 0.2) is 0 Å². The number of phosphoric acid groups is 5. The van der Waals surface area contributed by atoms with Crippen LogP contribution in [0.4, 0.5) is 0 Å². The summed E-state index contributed by atoms with van der Waals surface area (Å²) in [4.78, 5) is 141. The van der Waals surface area contributed by atoms with E-state index in [-0.39, 0.29) is 97.2 Å². The number of carbonyl (C=O) groups is 6. The Morgan fingerprint density at radius 3 is 1.01 bits per heavy atom. The van der Waals surface area contributed by atoms with Gasteiger partial charge in [-0.2, -0.15) is 0 Å². The van der Waals surface area contributed by atoms with Gasteiger partial charge < -0.3 is 218 Å². The zero-order chi connectivity index (χ0) is 102. The number of Topliss-reactive ketones (excluding diaryl/α,β-unsaturated/α-hetero) is 1. The number of aliphatic hydroxyl groups is 10. The quantitative estimate of drug-likeness (QED) is 0.0199. The van der Waals surface area contributed by atoms with E-state index in [1.165, 1.54) is 6.92 Å². The van der Waals surface area contributed by atoms with Crippen molar-refractivity contribution in [3.8, 4) is 0 Å². The molecule has 8 heterocycles. The van der Waals surface area contributed by atoms with Gasteiger partial charge in [0.15, 0.2) is 43.5 Å². The molecule has 8 saturated heterocycles. The van der Waals surface area contributed by atoms with Crippen LogP contribution < -0.4 is 51.1 Å². The van der Waals surface area contributed by atoms with Crippen LogP contribution in [0.5, 0.6) is 0 Å². The minimum absolute atomic E-state index is 0.0257. The first-order chi connectivity index (χ1) is 66.0. The molecule has 0 aromatic rings. The van der Waals surface area contributed by atoms with Crippen LogP contribution in [0.3, 0.4) is 0 Å². The number of rotatable bonds is 68. The number of nitrogens with one attached hydrogen (secondary N) is 5. The Hall–Kier alpha value is -3.43. The van der Waals surface area contributed by atoms with Gasteiger partial charge in [0.25, 0.3) is 39.1 Å². The van der Waals surface area contributed by atoms with Crippen molar-refractivity contribution in [1.82, 2.24) is 26.6 Å². The summed E-state index contributed by atoms with van der Waals surface area (Å²) in [5, 5.41) is 114. The van der Waals surface area contributed by atoms with Crippen LogP contribution in [-0.4, -0.2) is 397 Å². The van der Waals surface area contributed by atoms with Crippen LogP contribution in [0.2, 0.25) is 0 Å². The van der Waals surface area contributed by atoms with E-state index in [0.29, 0.717) is 83.5 Å². The minimum atomic E-state index is -5.60. The van der Waals surface area contributed by atoms with Gasteiger partial charge in [0, 0.05) is 112 Å². The molecule has 0 radical (unpaired) electrons. The fraction of sp³-hybridized carbons (Fsp3) is 0.923. The van der Waals surface area contributed by atoms with Crippen molar-refractivity contribution in [2.24, 2.45) is 0 Å². The molecule has 8 aliphatic heterocycles. The van der Waals surface area contributed by atoms with Gasteiger partial charge in [-0.15, -0.1) is 0 Å². The molecule has 0 bridgehead atoms. The molecule has 8 aliphatic rings. The first-order valence-electron chi connectivity index (χ1n) is 46.1. The van der Waals surface area contributed by atoms with E-state index in [1.807, 2.05) is 0 Å². The van der Waals surface area contributed by atoms with Crippen molar-refractivity contribution in [3.05, 3.63) is 0 Å². The third-order valence-electron chi connectivity index (χ3n) is 22.8. The molecule has 10 unspecified atom stereocenters. The lowest BCUT2D eigenvalue weighted by atomic mass is 9.97. The van der Waals surface area contributed by atoms with Crippen LogP contribution in [0.25, 0.3) is 0 Å². The predicted octanol–water partition coefficient (Wildman–Crippen LogP) is -6.52. The number of unbranched alkanes of at least 4 members (excludes halogenated alkanes) is 10. The summed E-state index contributed by atoms with van der Waals surface area (Å²) in [6.45, 7) is -3.10. The third-order valence-corrected chi connectivity index (χ3v) is 27.8. The monoisotopic (exact) mass is 2110 g/mol. The molecule has 61 heteroatoms. The van der Waals surface area contributed by atoms with E-state index in [4.69, 9.17) is 116 Å². The maximum atomic E-state index is 13.8. The van der Waals surface area contributed by atoms with Gasteiger partial charge in [-0.1, -0.05) is 44.9 Å². The highest BCUT2D eigenvalue weighted by molar-refractivity contribution is 7.47. The highest BCUT2D eigenvalue weighted by Crippen LogP contribution is 2.51. The van der Waals surface area contributed by atoms with E-state index in [0.717, 1.165) is 13.8 Å². The number of ketones is 1. The number of amides is 5. The molecule has 139 heavy (non-hydrogen) atoms. The van der Waals surface area contributed by atoms with Crippen molar-refractivity contribution < 1.29 is 243 Å². The highest BCUT2D eigenvalue weighted by Gasteiger charge is 2.51. The van der Waals surface area contributed by atoms with E-state index < -0.39 is 326 Å². The molecule has 0 aromatic carbocycles. The van der Waals surface area contributed by atoms with Gasteiger partial charge in [-0.05, 0) is 45.4 Å². The number of ether oxygens (including phenoxy) is 15. The lowest BCUT2D eigenvalue weighted by Crippen LogP contribution is -2.64. The van der Waals surface area contributed by atoms with Crippen molar-refractivity contribution in [1.29, 1.82) is 0 Å². The summed E-state index contributed by atoms with van der Waals surface area (Å²) in [6, 6.07) is -3.75. The number of aliphatic hydroxyl groups excluding tert-OH is 10. The molecule has 15 N–H and O–H groups in total. The van der Waals surface area contributed by atoms with Crippen LogP contribution in [0, 0.1) is 0 Å². The van der Waals surface area contributed by atoms with Crippen molar-refractivity contribution >= 4 is 74.4 Å². The lowest BCUT2D eigenvalue weighted by molar-refractivity contribution is -0.268. The van der Waals surface area contributed by atoms with Crippen LogP contribution >= 0.6 is 39.1 Å². The van der Waals surface area contributed by atoms with Crippen molar-refractivity contribution in [2.45, 2.75) is 322 Å². The Bertz CT molecular complexity index is 3930. The Balaban J connectivity index is 0.785. The molecular weight excluding hydrogens is 1980 g/mol. The Kier molecular flexibility index (Phi) is 52.9. The van der Waals surface area contributed by atoms with E-state index in [1.54, 1.807) is 6.92 Å². The Labute approximate surface area is 801 Å². The van der Waals surface area contributed by atoms with E-state index in [9.17, 15) is 127 Å². The van der Waals surface area contributed by atoms with Crippen molar-refractivity contribution in [2.75, 3.05) is 139 Å². The van der Waals surface area contributed by atoms with Crippen LogP contribution in [-0.2, 0) is 168 Å². The number of hydrogen-bond acceptors (Lipinski definition) is 51. The second kappa shape index (κ2) is 60.9. The second-order valence-corrected chi connectivity index (χ2v) is 40.5. The standard InChI is InChI=1S/C78H140N5O51P5/c1-5-110-29-30-119-135(100,101)133-52-32-65(115-26-18-12-9-15-23-80-63(93)44-118-78-69(83-47(4)90)75(99)72(96)57(37-87)129-78)125-60(52)41-122-136(102,103)131-50-21-28-112-59(50)40-121-139(108,109)134-53-33-66(114-24-16-10-6-7-13-19-48(91)38-116-76-67(81-45(2)88)73(97)70(94)55(35-85)127-76)126-61(53)42-123-137(104,105)130-49-20-27-111-58(49)39-120-138(106,107)132-51-31-64(124-54(51)34-84)113-25-17-11-8-14-22-79-62(92)43-117-77-68(82-46(3)89)74(98)71(95)56(36-86)128-77/h49-61,64-78,84-87,94-99H,5-44H2,1-4H3,(H,79,92)(H,80,93)(H,81,88)(H,82,89)(H,83,90)(H,100,101)(H,102,103)(H,104,105)(H,106,107)(H,108,109)/p-5/t49?,50?,51?,52?,53?,54-,55-,56-,57-,58-,59-,60-,61-,64-,65-,66-,67-,68-,69-,70+,71+,72+,73-,74-,75-,76-,77-,78-/m1/s1. The van der Waals surface area contributed by atoms with Gasteiger partial charge in [0.1, 0.15) is 123 Å². The molecule has 0 aliphatic carbocycles. The average Bonchev–Trinajstić information content (AvgIpc) is 1.77. The molecule has 0 aromatic heterocycles. The lowest BCUT2D eigenvalue weighted by Gasteiger charge is -2.42. The summed E-state index contributed by atoms with van der Waals surface area (Å²) < 4.78 is 204. The third kappa shape index (κ3) is 42.3. The summed E-state index contributed by atoms with van der Waals surface area (Å²) in [5.74, 6) is -3.24. The van der Waals surface area contributed by atoms with Gasteiger partial charge in [0.05, 0.1) is 96.6 Å². The highest BCUT2D eigenvalue weighted by atomic mass is 31.2. The molecule has 33 atom stereocenters. The fourth-order valence-corrected chi connectivity index (χ4v) is 20.4. The summed E-state index contributed by atoms with van der Waals surface area (Å²) in [7, 11) is -27.1. The Morgan fingerprint density at radius 2 is 0.655 bits per heavy atom. The molecule has 8 rings (SSSR count). The predicted molar refractivity (Wildman–Crippen MR) is 452 cm³/mol. The largest absolute Gasteiger partial charge is 0.756 e. The number of carbonyl (C=O) groups excluding carboxylic acids is 6. The number of hydrogen-bond donors (Lipinski definition) is 15. The molecule has 0 spiro atoms. The molecule has 0 saturated carbocycles. The van der Waals surface area contributed by atoms with Gasteiger partial charge >= 0.3 is 0 Å². The zero-order valence-electron chi connectivity index (χ0n) is 77.4. The first-order valence-corrected chi connectivity index (χ1v) is 53.4. The Morgan fingerprint density at radius 1 is 0.345 bits per heavy atom. The zero-order valence-corrected chi connectivity index (χ0v) is 81.9. The topological polar surface area (TPSA) is 796 Å². The maximum absolute atomic E-state index is 13.8. The molecule has 808 valence electrons. The normalized spacial score (nSPS) is 33.7. The van der Waals surface area contributed by atoms with Gasteiger partial charge in [-0.25, -0.2) is 0 Å². The molecule has 8 fully saturated rings. The summed E-state index contributed by atoms with van der Waals surface area (Å²) >= 11 is 0. The smallest absolute Gasteiger partial charge is 0.268 e. The maximum Gasteiger partial charge on any atom is 0.268 e. The minimum Gasteiger partial charge on any atom is -0.756 e. The molecule has 56 nitrogen and oxygen atoms in total. The average molecular weight is 2110 g/mol. The second-order valence-electron chi connectivity index (χ2n) is 33.7. The van der Waals surface area contributed by atoms with Crippen molar-refractivity contribution in [3.63, 3.8) is 0 Å². The SMILES string of the molecule is CCOCCOP(=O)([O-])OC1C[C@H](OCCCCCCNC(=O)CO[C@@H]2O[C@H](CO)[C@H](O)[C@H](O)[C@H]2NC(C)=O)O[C@@H]1COP(=O)([O-])OC1CCO[C@@H]1COP(=O)([O-])OC1C[C@H](OCCCCCCCC(=O)CO[C@@H]2O[C@H](CO)[C@H](O)[C@H](O)[C@H]2NC(C)=O)O[C@@H]1COP(=O)([O-])OC1CCO[C@@H]1COP(=O)([O-])OC1C[C@H](OCCCCCCNC(=O)CO[C@@H]2O[C@H](CO)[C@H](O)[C@H](O)[C@H]2NC(C)=O)O[C@@H]1CO. The van der Waals surface area contributed by atoms with Gasteiger partial charge in [0.2, 0.25) is 29.5 Å². The molecular formula is C78H135N5O51P5-5. The first kappa shape index (κ1) is 121. The van der Waals surface area contributed by atoms with Gasteiger partial charge in [-0.3, -0.25) is 51.6 Å². The van der Waals surface area contributed by atoms with E-state index in [2.05, 4.69) is 26.6 Å². The number of phosphoric ester groups is 5. The summed E-state index contributed by atoms with van der Waals surface area (Å²) in [5.41, 5.74) is 0.